The Morgan fingerprint density at radius 3 is 2.40 bits per heavy atom. The number of hydrogen-bond donors (Lipinski definition) is 2. The van der Waals surface area contributed by atoms with E-state index in [1.54, 1.807) is 0 Å². The minimum Gasteiger partial charge on any atom is -0.481 e. The lowest BCUT2D eigenvalue weighted by Crippen LogP contribution is -2.49. The smallest absolute Gasteiger partial charge is 0.307 e. The molecule has 1 saturated carbocycles. The highest BCUT2D eigenvalue weighted by Crippen LogP contribution is 2.49. The van der Waals surface area contributed by atoms with Crippen LogP contribution in [0, 0.1) is 23.7 Å². The van der Waals surface area contributed by atoms with Gasteiger partial charge in [-0.1, -0.05) is 12.2 Å². The standard InChI is InChI=1S/C14H18N2O4/c15-12(17)9-2-1-5-16(9)13(18)10-7-3-4-8(6-7)11(10)14(19)20/h3-4,7-11H,1-2,5-6H2,(H2,15,17)(H,19,20)/t7?,8?,9?,10-,11+/m0/s1. The molecule has 2 fully saturated rings. The van der Waals surface area contributed by atoms with Gasteiger partial charge in [0, 0.05) is 6.54 Å². The highest BCUT2D eigenvalue weighted by Gasteiger charge is 2.53. The van der Waals surface area contributed by atoms with E-state index in [1.165, 1.54) is 4.90 Å². The Morgan fingerprint density at radius 1 is 1.15 bits per heavy atom. The van der Waals surface area contributed by atoms with Crippen LogP contribution in [0.5, 0.6) is 0 Å². The molecular formula is C14H18N2O4. The lowest BCUT2D eigenvalue weighted by atomic mass is 9.82. The summed E-state index contributed by atoms with van der Waals surface area (Å²) in [6.07, 6.45) is 5.90. The van der Waals surface area contributed by atoms with Gasteiger partial charge in [-0.05, 0) is 31.1 Å². The number of nitrogens with zero attached hydrogens (tertiary/aromatic N) is 1. The molecule has 0 aromatic rings. The van der Waals surface area contributed by atoms with Gasteiger partial charge >= 0.3 is 5.97 Å². The number of nitrogens with two attached hydrogens (primary N) is 1. The molecule has 6 heteroatoms. The monoisotopic (exact) mass is 278 g/mol. The average molecular weight is 278 g/mol. The van der Waals surface area contributed by atoms with Gasteiger partial charge in [-0.2, -0.15) is 0 Å². The largest absolute Gasteiger partial charge is 0.481 e. The Labute approximate surface area is 116 Å². The number of allylic oxidation sites excluding steroid dienone is 2. The van der Waals surface area contributed by atoms with Gasteiger partial charge in [0.25, 0.3) is 0 Å². The van der Waals surface area contributed by atoms with Gasteiger partial charge in [0.1, 0.15) is 6.04 Å². The van der Waals surface area contributed by atoms with Crippen molar-refractivity contribution in [3.8, 4) is 0 Å². The maximum absolute atomic E-state index is 12.7. The van der Waals surface area contributed by atoms with Crippen molar-refractivity contribution in [1.82, 2.24) is 4.90 Å². The van der Waals surface area contributed by atoms with E-state index >= 15 is 0 Å². The summed E-state index contributed by atoms with van der Waals surface area (Å²) in [6.45, 7) is 0.496. The van der Waals surface area contributed by atoms with Crippen LogP contribution in [-0.2, 0) is 14.4 Å². The second-order valence-corrected chi connectivity index (χ2v) is 5.93. The molecule has 0 aromatic heterocycles. The molecule has 0 spiro atoms. The van der Waals surface area contributed by atoms with Gasteiger partial charge in [0.2, 0.25) is 11.8 Å². The van der Waals surface area contributed by atoms with Crippen LogP contribution >= 0.6 is 0 Å². The Kier molecular flexibility index (Phi) is 3.03. The molecule has 3 rings (SSSR count). The van der Waals surface area contributed by atoms with Crippen molar-refractivity contribution in [1.29, 1.82) is 0 Å². The number of carboxylic acid groups (broad SMARTS) is 1. The molecule has 20 heavy (non-hydrogen) atoms. The van der Waals surface area contributed by atoms with Gasteiger partial charge in [-0.25, -0.2) is 0 Å². The first-order valence-electron chi connectivity index (χ1n) is 7.01. The molecule has 6 nitrogen and oxygen atoms in total. The van der Waals surface area contributed by atoms with Gasteiger partial charge < -0.3 is 15.7 Å². The third kappa shape index (κ3) is 1.82. The van der Waals surface area contributed by atoms with Crippen molar-refractivity contribution >= 4 is 17.8 Å². The SMILES string of the molecule is NC(=O)C1CCCN1C(=O)[C@H]1C2C=CC(C2)[C@H]1C(=O)O. The van der Waals surface area contributed by atoms with Crippen LogP contribution < -0.4 is 5.73 Å². The minimum absolute atomic E-state index is 0.0114. The average Bonchev–Trinajstić information content (AvgIpc) is 3.10. The van der Waals surface area contributed by atoms with Crippen molar-refractivity contribution in [3.63, 3.8) is 0 Å². The maximum Gasteiger partial charge on any atom is 0.307 e. The number of carbonyl (C=O) groups is 3. The molecule has 2 aliphatic carbocycles. The van der Waals surface area contributed by atoms with E-state index < -0.39 is 29.8 Å². The lowest BCUT2D eigenvalue weighted by Gasteiger charge is -2.30. The predicted octanol–water partition coefficient (Wildman–Crippen LogP) is -0.0144. The summed E-state index contributed by atoms with van der Waals surface area (Å²) in [5, 5.41) is 9.38. The van der Waals surface area contributed by atoms with Crippen LogP contribution in [0.15, 0.2) is 12.2 Å². The zero-order chi connectivity index (χ0) is 14.4. The Hall–Kier alpha value is -1.85. The summed E-state index contributed by atoms with van der Waals surface area (Å²) in [6, 6.07) is -0.569. The summed E-state index contributed by atoms with van der Waals surface area (Å²) >= 11 is 0. The van der Waals surface area contributed by atoms with E-state index in [-0.39, 0.29) is 17.7 Å². The molecule has 3 unspecified atom stereocenters. The summed E-state index contributed by atoms with van der Waals surface area (Å²) in [7, 11) is 0. The number of likely N-dealkylation sites (tertiary alicyclic amines) is 1. The minimum atomic E-state index is -0.921. The quantitative estimate of drug-likeness (QED) is 0.709. The number of aliphatic carboxylic acids is 1. The second-order valence-electron chi connectivity index (χ2n) is 5.93. The first kappa shape index (κ1) is 13.1. The number of primary amides is 1. The van der Waals surface area contributed by atoms with Gasteiger partial charge in [0.05, 0.1) is 11.8 Å². The Bertz CT molecular complexity index is 501. The van der Waals surface area contributed by atoms with Crippen molar-refractivity contribution < 1.29 is 19.5 Å². The fraction of sp³-hybridized carbons (Fsp3) is 0.643. The van der Waals surface area contributed by atoms with Crippen LogP contribution in [0.1, 0.15) is 19.3 Å². The molecule has 3 aliphatic rings. The third-order valence-electron chi connectivity index (χ3n) is 4.89. The zero-order valence-corrected chi connectivity index (χ0v) is 11.1. The van der Waals surface area contributed by atoms with Crippen LogP contribution in [0.25, 0.3) is 0 Å². The number of carbonyl (C=O) groups excluding carboxylic acids is 2. The third-order valence-corrected chi connectivity index (χ3v) is 4.89. The molecule has 2 bridgehead atoms. The fourth-order valence-corrected chi connectivity index (χ4v) is 4.01. The zero-order valence-electron chi connectivity index (χ0n) is 11.1. The Morgan fingerprint density at radius 2 is 1.80 bits per heavy atom. The molecule has 2 amide bonds. The van der Waals surface area contributed by atoms with E-state index in [0.717, 1.165) is 12.8 Å². The highest BCUT2D eigenvalue weighted by atomic mass is 16.4. The summed E-state index contributed by atoms with van der Waals surface area (Å²) in [5.74, 6) is -2.90. The van der Waals surface area contributed by atoms with Gasteiger partial charge in [-0.15, -0.1) is 0 Å². The first-order chi connectivity index (χ1) is 9.50. The normalized spacial score (nSPS) is 38.4. The van der Waals surface area contributed by atoms with Crippen LogP contribution in [0.3, 0.4) is 0 Å². The maximum atomic E-state index is 12.7. The van der Waals surface area contributed by atoms with Crippen molar-refractivity contribution in [2.75, 3.05) is 6.54 Å². The lowest BCUT2D eigenvalue weighted by molar-refractivity contribution is -0.152. The number of hydrogen-bond acceptors (Lipinski definition) is 3. The van der Waals surface area contributed by atoms with Crippen LogP contribution in [0.2, 0.25) is 0 Å². The van der Waals surface area contributed by atoms with Gasteiger partial charge in [-0.3, -0.25) is 14.4 Å². The number of fused-ring (bicyclic) bond motifs is 2. The number of carboxylic acids is 1. The van der Waals surface area contributed by atoms with E-state index in [4.69, 9.17) is 5.73 Å². The topological polar surface area (TPSA) is 101 Å². The van der Waals surface area contributed by atoms with E-state index in [0.29, 0.717) is 13.0 Å². The molecule has 0 radical (unpaired) electrons. The molecule has 1 heterocycles. The van der Waals surface area contributed by atoms with E-state index in [9.17, 15) is 19.5 Å². The molecule has 0 aromatic carbocycles. The molecular weight excluding hydrogens is 260 g/mol. The summed E-state index contributed by atoms with van der Waals surface area (Å²) in [5.41, 5.74) is 5.33. The van der Waals surface area contributed by atoms with Crippen molar-refractivity contribution in [2.45, 2.75) is 25.3 Å². The van der Waals surface area contributed by atoms with Crippen molar-refractivity contribution in [3.05, 3.63) is 12.2 Å². The predicted molar refractivity (Wildman–Crippen MR) is 69.3 cm³/mol. The molecule has 5 atom stereocenters. The highest BCUT2D eigenvalue weighted by molar-refractivity contribution is 5.91. The van der Waals surface area contributed by atoms with E-state index in [1.807, 2.05) is 12.2 Å². The summed E-state index contributed by atoms with van der Waals surface area (Å²) in [4.78, 5) is 37.0. The molecule has 3 N–H and O–H groups in total. The first-order valence-corrected chi connectivity index (χ1v) is 7.01. The summed E-state index contributed by atoms with van der Waals surface area (Å²) < 4.78 is 0. The number of amides is 2. The molecule has 108 valence electrons. The number of rotatable bonds is 3. The van der Waals surface area contributed by atoms with Gasteiger partial charge in [0.15, 0.2) is 0 Å². The second kappa shape index (κ2) is 4.61. The van der Waals surface area contributed by atoms with E-state index in [2.05, 4.69) is 0 Å². The van der Waals surface area contributed by atoms with Crippen LogP contribution in [0.4, 0.5) is 0 Å². The molecule has 1 saturated heterocycles. The fourth-order valence-electron chi connectivity index (χ4n) is 4.01. The molecule has 1 aliphatic heterocycles. The van der Waals surface area contributed by atoms with Crippen LogP contribution in [-0.4, -0.2) is 40.4 Å². The van der Waals surface area contributed by atoms with Crippen molar-refractivity contribution in [2.24, 2.45) is 29.4 Å². The Balaban J connectivity index is 1.85.